The summed E-state index contributed by atoms with van der Waals surface area (Å²) in [6.07, 6.45) is 1.48. The fraction of sp³-hybridized carbons (Fsp3) is 0.273. The van der Waals surface area contributed by atoms with Crippen LogP contribution < -0.4 is 14.7 Å². The number of hydrogen-bond donors (Lipinski definition) is 1. The summed E-state index contributed by atoms with van der Waals surface area (Å²) < 4.78 is 23.3. The Bertz CT molecular complexity index is 644. The highest BCUT2D eigenvalue weighted by atomic mass is 31.2. The second kappa shape index (κ2) is 4.65. The first kappa shape index (κ1) is 13.0. The molecule has 0 radical (unpaired) electrons. The number of fused-ring (bicyclic) bond motifs is 1. The lowest BCUT2D eigenvalue weighted by Crippen LogP contribution is -2.36. The van der Waals surface area contributed by atoms with Gasteiger partial charge in [-0.05, 0) is 6.07 Å². The monoisotopic (exact) mass is 269 g/mol. The van der Waals surface area contributed by atoms with Gasteiger partial charge in [0.15, 0.2) is 18.3 Å². The van der Waals surface area contributed by atoms with Crippen molar-refractivity contribution in [2.45, 2.75) is 0 Å². The average Bonchev–Trinajstić information content (AvgIpc) is 2.37. The van der Waals surface area contributed by atoms with E-state index in [4.69, 9.17) is 4.74 Å². The van der Waals surface area contributed by atoms with Crippen LogP contribution in [0.25, 0.3) is 10.9 Å². The SMILES string of the molecule is COc1cccc2c(P(=O)(O)OC)c[n+](C)nc12. The van der Waals surface area contributed by atoms with Crippen molar-refractivity contribution < 1.29 is 23.4 Å². The number of aromatic nitrogens is 2. The number of hydrogen-bond acceptors (Lipinski definition) is 4. The van der Waals surface area contributed by atoms with E-state index in [0.717, 1.165) is 0 Å². The van der Waals surface area contributed by atoms with E-state index in [2.05, 4.69) is 9.62 Å². The highest BCUT2D eigenvalue weighted by Crippen LogP contribution is 2.41. The molecule has 1 aromatic heterocycles. The molecule has 1 unspecified atom stereocenters. The summed E-state index contributed by atoms with van der Waals surface area (Å²) in [5, 5.41) is 5.01. The molecule has 0 aliphatic rings. The fourth-order valence-corrected chi connectivity index (χ4v) is 2.75. The maximum atomic E-state index is 12.0. The zero-order chi connectivity index (χ0) is 13.3. The molecule has 0 aliphatic heterocycles. The number of ether oxygens (including phenoxy) is 1. The van der Waals surface area contributed by atoms with Crippen molar-refractivity contribution in [3.63, 3.8) is 0 Å². The Morgan fingerprint density at radius 2 is 2.11 bits per heavy atom. The molecule has 0 bridgehead atoms. The molecule has 0 saturated heterocycles. The highest BCUT2D eigenvalue weighted by Gasteiger charge is 2.28. The molecule has 0 aliphatic carbocycles. The van der Waals surface area contributed by atoms with Crippen molar-refractivity contribution in [1.82, 2.24) is 5.10 Å². The van der Waals surface area contributed by atoms with Gasteiger partial charge in [0.1, 0.15) is 5.30 Å². The van der Waals surface area contributed by atoms with E-state index in [1.54, 1.807) is 25.2 Å². The minimum absolute atomic E-state index is 0.205. The van der Waals surface area contributed by atoms with Gasteiger partial charge in [-0.15, -0.1) is 0 Å². The standard InChI is InChI=1S/C11H13N2O4P/c1-13-7-10(18(14,15)17-3)8-5-4-6-9(16-2)11(8)12-13/h4-7H,1-3H3/p+1. The molecule has 18 heavy (non-hydrogen) atoms. The molecule has 1 heterocycles. The molecule has 1 atom stereocenters. The number of benzene rings is 1. The third-order valence-corrected chi connectivity index (χ3v) is 4.07. The minimum Gasteiger partial charge on any atom is -0.494 e. The number of nitrogens with zero attached hydrogens (tertiary/aromatic N) is 2. The van der Waals surface area contributed by atoms with Crippen molar-refractivity contribution in [3.05, 3.63) is 24.4 Å². The van der Waals surface area contributed by atoms with Crippen LogP contribution in [0, 0.1) is 0 Å². The Morgan fingerprint density at radius 3 is 2.72 bits per heavy atom. The summed E-state index contributed by atoms with van der Waals surface area (Å²) in [5.41, 5.74) is 0.520. The van der Waals surface area contributed by atoms with Gasteiger partial charge >= 0.3 is 7.60 Å². The van der Waals surface area contributed by atoms with Crippen LogP contribution in [0.3, 0.4) is 0 Å². The van der Waals surface area contributed by atoms with Crippen LogP contribution in [0.15, 0.2) is 24.4 Å². The van der Waals surface area contributed by atoms with Crippen LogP contribution in [0.1, 0.15) is 0 Å². The molecule has 0 spiro atoms. The molecule has 96 valence electrons. The predicted molar refractivity (Wildman–Crippen MR) is 65.9 cm³/mol. The van der Waals surface area contributed by atoms with Gasteiger partial charge in [0, 0.05) is 17.6 Å². The summed E-state index contributed by atoms with van der Waals surface area (Å²) in [7, 11) is 0.554. The molecule has 2 rings (SSSR count). The van der Waals surface area contributed by atoms with E-state index in [1.807, 2.05) is 0 Å². The molecule has 1 N–H and O–H groups in total. The van der Waals surface area contributed by atoms with Gasteiger partial charge < -0.3 is 14.2 Å². The number of aryl methyl sites for hydroxylation is 1. The first-order valence-corrected chi connectivity index (χ1v) is 6.80. The average molecular weight is 269 g/mol. The third kappa shape index (κ3) is 2.10. The Hall–Kier alpha value is -1.49. The minimum atomic E-state index is -3.84. The molecular formula is C11H14N2O4P+. The Balaban J connectivity index is 2.87. The number of methoxy groups -OCH3 is 1. The zero-order valence-electron chi connectivity index (χ0n) is 10.3. The zero-order valence-corrected chi connectivity index (χ0v) is 11.2. The second-order valence-electron chi connectivity index (χ2n) is 3.75. The summed E-state index contributed by atoms with van der Waals surface area (Å²) in [6, 6.07) is 5.19. The van der Waals surface area contributed by atoms with Gasteiger partial charge in [0.25, 0.3) is 0 Å². The molecule has 1 aromatic carbocycles. The van der Waals surface area contributed by atoms with Crippen molar-refractivity contribution in [3.8, 4) is 5.75 Å². The smallest absolute Gasteiger partial charge is 0.365 e. The lowest BCUT2D eigenvalue weighted by atomic mass is 10.2. The molecule has 7 heteroatoms. The second-order valence-corrected chi connectivity index (χ2v) is 5.64. The van der Waals surface area contributed by atoms with Gasteiger partial charge in [-0.1, -0.05) is 16.8 Å². The van der Waals surface area contributed by atoms with Gasteiger partial charge in [0.2, 0.25) is 6.20 Å². The Kier molecular flexibility index (Phi) is 3.34. The van der Waals surface area contributed by atoms with Crippen molar-refractivity contribution in [2.75, 3.05) is 14.2 Å². The van der Waals surface area contributed by atoms with Gasteiger partial charge in [-0.3, -0.25) is 4.57 Å². The van der Waals surface area contributed by atoms with Gasteiger partial charge in [0.05, 0.1) is 7.11 Å². The van der Waals surface area contributed by atoms with Crippen molar-refractivity contribution in [1.29, 1.82) is 0 Å². The quantitative estimate of drug-likeness (QED) is 0.650. The molecule has 0 amide bonds. The fourth-order valence-electron chi connectivity index (χ4n) is 1.75. The normalized spacial score (nSPS) is 14.4. The first-order valence-electron chi connectivity index (χ1n) is 5.22. The molecular weight excluding hydrogens is 255 g/mol. The topological polar surface area (TPSA) is 72.5 Å². The molecule has 0 saturated carbocycles. The van der Waals surface area contributed by atoms with Crippen molar-refractivity contribution in [2.24, 2.45) is 7.05 Å². The first-order chi connectivity index (χ1) is 8.49. The Morgan fingerprint density at radius 1 is 1.39 bits per heavy atom. The lowest BCUT2D eigenvalue weighted by molar-refractivity contribution is -0.727. The summed E-state index contributed by atoms with van der Waals surface area (Å²) in [4.78, 5) is 9.83. The van der Waals surface area contributed by atoms with Crippen LogP contribution in [0.2, 0.25) is 0 Å². The van der Waals surface area contributed by atoms with E-state index in [1.165, 1.54) is 25.1 Å². The molecule has 0 fully saturated rings. The molecule has 2 aromatic rings. The van der Waals surface area contributed by atoms with E-state index in [-0.39, 0.29) is 5.30 Å². The lowest BCUT2D eigenvalue weighted by Gasteiger charge is -2.10. The summed E-state index contributed by atoms with van der Waals surface area (Å²) in [6.45, 7) is 0. The maximum Gasteiger partial charge on any atom is 0.365 e. The Labute approximate surface area is 104 Å². The van der Waals surface area contributed by atoms with E-state index < -0.39 is 7.60 Å². The third-order valence-electron chi connectivity index (χ3n) is 2.61. The van der Waals surface area contributed by atoms with Gasteiger partial charge in [-0.25, -0.2) is 0 Å². The van der Waals surface area contributed by atoms with Crippen LogP contribution in [0.4, 0.5) is 0 Å². The predicted octanol–water partition coefficient (Wildman–Crippen LogP) is 0.525. The van der Waals surface area contributed by atoms with Crippen molar-refractivity contribution >= 4 is 23.8 Å². The van der Waals surface area contributed by atoms with Crippen LogP contribution in [-0.2, 0) is 16.1 Å². The highest BCUT2D eigenvalue weighted by molar-refractivity contribution is 7.61. The van der Waals surface area contributed by atoms with E-state index >= 15 is 0 Å². The largest absolute Gasteiger partial charge is 0.494 e. The molecule has 6 nitrogen and oxygen atoms in total. The van der Waals surface area contributed by atoms with E-state index in [9.17, 15) is 9.46 Å². The van der Waals surface area contributed by atoms with E-state index in [0.29, 0.717) is 16.7 Å². The summed E-state index contributed by atoms with van der Waals surface area (Å²) in [5.74, 6) is 0.543. The van der Waals surface area contributed by atoms with Crippen LogP contribution in [-0.4, -0.2) is 24.2 Å². The summed E-state index contributed by atoms with van der Waals surface area (Å²) >= 11 is 0. The maximum absolute atomic E-state index is 12.0. The van der Waals surface area contributed by atoms with Crippen LogP contribution in [0.5, 0.6) is 5.75 Å². The van der Waals surface area contributed by atoms with Gasteiger partial charge in [-0.2, -0.15) is 0 Å². The van der Waals surface area contributed by atoms with Crippen LogP contribution >= 0.6 is 7.60 Å². The number of rotatable bonds is 3.